The van der Waals surface area contributed by atoms with Crippen molar-refractivity contribution >= 4 is 5.91 Å². The number of amides is 1. The first kappa shape index (κ1) is 18.4. The predicted molar refractivity (Wildman–Crippen MR) is 105 cm³/mol. The molecule has 1 amide bonds. The van der Waals surface area contributed by atoms with E-state index in [2.05, 4.69) is 0 Å². The number of carbonyl (C=O) groups is 1. The molecule has 1 unspecified atom stereocenters. The van der Waals surface area contributed by atoms with Crippen LogP contribution in [0.2, 0.25) is 0 Å². The van der Waals surface area contributed by atoms with Gasteiger partial charge < -0.3 is 21.1 Å². The standard InChI is InChI=1S/C23H31NO4/c24-21(27)17-5-4-15-11-18-14(10-13-2-1-3-13)6-8-22(19(15)20(17)26)12-16(25)7-9-23(18,22)28/h4-5,13-14,16,18,25-26,28H,1-3,6-12H2,(H2,24,27)/t14?,16-,18+,22-,23-/m1/s1. The summed E-state index contributed by atoms with van der Waals surface area (Å²) < 4.78 is 0. The minimum absolute atomic E-state index is 0.0755. The molecule has 5 nitrogen and oxygen atoms in total. The Labute approximate surface area is 165 Å². The van der Waals surface area contributed by atoms with Crippen molar-refractivity contribution in [1.29, 1.82) is 0 Å². The van der Waals surface area contributed by atoms with Crippen molar-refractivity contribution in [2.24, 2.45) is 23.5 Å². The first-order chi connectivity index (χ1) is 13.4. The van der Waals surface area contributed by atoms with Gasteiger partial charge in [0.05, 0.1) is 17.3 Å². The normalized spacial score (nSPS) is 39.6. The molecule has 5 N–H and O–H groups in total. The van der Waals surface area contributed by atoms with Crippen molar-refractivity contribution in [3.05, 3.63) is 28.8 Å². The first-order valence-corrected chi connectivity index (χ1v) is 10.9. The zero-order chi connectivity index (χ0) is 19.7. The second-order valence-electron chi connectivity index (χ2n) is 9.91. The maximum Gasteiger partial charge on any atom is 0.252 e. The predicted octanol–water partition coefficient (Wildman–Crippen LogP) is 2.78. The highest BCUT2D eigenvalue weighted by atomic mass is 16.3. The van der Waals surface area contributed by atoms with Crippen LogP contribution < -0.4 is 5.73 Å². The van der Waals surface area contributed by atoms with E-state index in [9.17, 15) is 20.1 Å². The number of benzene rings is 1. The Balaban J connectivity index is 1.65. The third kappa shape index (κ3) is 2.35. The monoisotopic (exact) mass is 385 g/mol. The smallest absolute Gasteiger partial charge is 0.252 e. The molecule has 0 saturated heterocycles. The summed E-state index contributed by atoms with van der Waals surface area (Å²) in [5.41, 5.74) is 5.69. The third-order valence-electron chi connectivity index (χ3n) is 8.70. The quantitative estimate of drug-likeness (QED) is 0.642. The van der Waals surface area contributed by atoms with Crippen LogP contribution in [0.5, 0.6) is 5.75 Å². The summed E-state index contributed by atoms with van der Waals surface area (Å²) in [6, 6.07) is 3.53. The van der Waals surface area contributed by atoms with Gasteiger partial charge in [0, 0.05) is 11.0 Å². The van der Waals surface area contributed by atoms with E-state index >= 15 is 0 Å². The molecule has 1 aromatic carbocycles. The van der Waals surface area contributed by atoms with Gasteiger partial charge in [-0.25, -0.2) is 0 Å². The Kier molecular flexibility index (Phi) is 4.08. The van der Waals surface area contributed by atoms with E-state index in [0.29, 0.717) is 30.7 Å². The molecule has 28 heavy (non-hydrogen) atoms. The number of fused-ring (bicyclic) bond motifs is 1. The number of phenols is 1. The lowest BCUT2D eigenvalue weighted by Gasteiger charge is -2.64. The van der Waals surface area contributed by atoms with Crippen molar-refractivity contribution in [2.45, 2.75) is 81.3 Å². The first-order valence-electron chi connectivity index (χ1n) is 10.9. The molecule has 0 heterocycles. The third-order valence-corrected chi connectivity index (χ3v) is 8.70. The Morgan fingerprint density at radius 1 is 1.18 bits per heavy atom. The molecule has 0 aromatic heterocycles. The largest absolute Gasteiger partial charge is 0.507 e. The summed E-state index contributed by atoms with van der Waals surface area (Å²) >= 11 is 0. The second kappa shape index (κ2) is 6.20. The molecule has 5 rings (SSSR count). The number of aromatic hydroxyl groups is 1. The number of primary amides is 1. The second-order valence-corrected chi connectivity index (χ2v) is 9.91. The SMILES string of the molecule is NC(=O)c1ccc2c(c1O)[C@]13CCC(CC4CCC4)[C@H](C2)[C@]1(O)CC[C@@H](O)C3. The van der Waals surface area contributed by atoms with Crippen molar-refractivity contribution < 1.29 is 20.1 Å². The minimum atomic E-state index is -0.931. The van der Waals surface area contributed by atoms with Gasteiger partial charge in [0.2, 0.25) is 0 Å². The lowest BCUT2D eigenvalue weighted by atomic mass is 9.43. The van der Waals surface area contributed by atoms with Crippen molar-refractivity contribution in [3.8, 4) is 5.75 Å². The summed E-state index contributed by atoms with van der Waals surface area (Å²) in [6.45, 7) is 0. The lowest BCUT2D eigenvalue weighted by Crippen LogP contribution is -2.67. The van der Waals surface area contributed by atoms with E-state index in [0.717, 1.165) is 30.7 Å². The fraction of sp³-hybridized carbons (Fsp3) is 0.696. The van der Waals surface area contributed by atoms with Crippen LogP contribution in [0.15, 0.2) is 12.1 Å². The van der Waals surface area contributed by atoms with E-state index in [-0.39, 0.29) is 17.2 Å². The Morgan fingerprint density at radius 3 is 2.64 bits per heavy atom. The van der Waals surface area contributed by atoms with Gasteiger partial charge in [-0.2, -0.15) is 0 Å². The van der Waals surface area contributed by atoms with Gasteiger partial charge in [0.15, 0.2) is 0 Å². The van der Waals surface area contributed by atoms with E-state index in [4.69, 9.17) is 5.73 Å². The van der Waals surface area contributed by atoms with Crippen LogP contribution in [0.4, 0.5) is 0 Å². The molecule has 3 saturated carbocycles. The number of aliphatic hydroxyl groups is 2. The molecular formula is C23H31NO4. The highest BCUT2D eigenvalue weighted by Gasteiger charge is 2.65. The fourth-order valence-electron chi connectivity index (χ4n) is 7.18. The molecule has 0 radical (unpaired) electrons. The molecule has 1 aromatic rings. The average Bonchev–Trinajstić information content (AvgIpc) is 2.59. The van der Waals surface area contributed by atoms with Crippen LogP contribution in [-0.2, 0) is 11.8 Å². The van der Waals surface area contributed by atoms with Gasteiger partial charge >= 0.3 is 0 Å². The molecule has 3 fully saturated rings. The minimum Gasteiger partial charge on any atom is -0.507 e. The van der Waals surface area contributed by atoms with Crippen molar-refractivity contribution in [3.63, 3.8) is 0 Å². The Bertz CT molecular complexity index is 819. The van der Waals surface area contributed by atoms with Crippen LogP contribution in [0, 0.1) is 17.8 Å². The summed E-state index contributed by atoms with van der Waals surface area (Å²) in [4.78, 5) is 11.8. The molecule has 0 aliphatic heterocycles. The number of hydrogen-bond acceptors (Lipinski definition) is 4. The summed E-state index contributed by atoms with van der Waals surface area (Å²) in [7, 11) is 0. The number of rotatable bonds is 3. The van der Waals surface area contributed by atoms with Gasteiger partial charge in [0.1, 0.15) is 5.75 Å². The number of carbonyl (C=O) groups excluding carboxylic acids is 1. The van der Waals surface area contributed by atoms with E-state index in [1.807, 2.05) is 6.07 Å². The Morgan fingerprint density at radius 2 is 1.96 bits per heavy atom. The maximum atomic E-state index is 12.1. The average molecular weight is 386 g/mol. The van der Waals surface area contributed by atoms with Gasteiger partial charge in [-0.05, 0) is 74.3 Å². The van der Waals surface area contributed by atoms with Crippen LogP contribution in [0.1, 0.15) is 79.3 Å². The van der Waals surface area contributed by atoms with Crippen LogP contribution in [0.3, 0.4) is 0 Å². The van der Waals surface area contributed by atoms with Gasteiger partial charge in [-0.1, -0.05) is 25.3 Å². The number of hydrogen-bond donors (Lipinski definition) is 4. The zero-order valence-electron chi connectivity index (χ0n) is 16.4. The van der Waals surface area contributed by atoms with E-state index < -0.39 is 23.0 Å². The molecule has 4 aliphatic rings. The van der Waals surface area contributed by atoms with Crippen LogP contribution in [0.25, 0.3) is 0 Å². The van der Waals surface area contributed by atoms with E-state index in [1.165, 1.54) is 25.7 Å². The van der Waals surface area contributed by atoms with Crippen molar-refractivity contribution in [2.75, 3.05) is 0 Å². The van der Waals surface area contributed by atoms with Crippen molar-refractivity contribution in [1.82, 2.24) is 0 Å². The molecule has 4 aliphatic carbocycles. The van der Waals surface area contributed by atoms with Crippen LogP contribution in [-0.4, -0.2) is 32.9 Å². The highest BCUT2D eigenvalue weighted by Crippen LogP contribution is 2.65. The number of aliphatic hydroxyl groups excluding tert-OH is 1. The maximum absolute atomic E-state index is 12.1. The molecule has 0 spiro atoms. The summed E-state index contributed by atoms with van der Waals surface area (Å²) in [5.74, 6) is 0.707. The fourth-order valence-corrected chi connectivity index (χ4v) is 7.18. The molecular weight excluding hydrogens is 354 g/mol. The Hall–Kier alpha value is -1.59. The summed E-state index contributed by atoms with van der Waals surface area (Å²) in [6.07, 6.45) is 8.72. The number of nitrogens with two attached hydrogens (primary N) is 1. The molecule has 5 atom stereocenters. The highest BCUT2D eigenvalue weighted by molar-refractivity contribution is 5.96. The lowest BCUT2D eigenvalue weighted by molar-refractivity contribution is -0.185. The molecule has 5 heteroatoms. The van der Waals surface area contributed by atoms with Gasteiger partial charge in [-0.15, -0.1) is 0 Å². The molecule has 2 bridgehead atoms. The zero-order valence-corrected chi connectivity index (χ0v) is 16.4. The summed E-state index contributed by atoms with van der Waals surface area (Å²) in [5, 5.41) is 33.7. The van der Waals surface area contributed by atoms with Crippen LogP contribution >= 0.6 is 0 Å². The van der Waals surface area contributed by atoms with Gasteiger partial charge in [0.25, 0.3) is 5.91 Å². The van der Waals surface area contributed by atoms with Gasteiger partial charge in [-0.3, -0.25) is 4.79 Å². The van der Waals surface area contributed by atoms with E-state index in [1.54, 1.807) is 6.07 Å². The topological polar surface area (TPSA) is 104 Å². The molecule has 152 valence electrons.